The van der Waals surface area contributed by atoms with Crippen LogP contribution in [0.3, 0.4) is 0 Å². The van der Waals surface area contributed by atoms with Crippen LogP contribution in [0.4, 0.5) is 0 Å². The van der Waals surface area contributed by atoms with Gasteiger partial charge in [-0.2, -0.15) is 0 Å². The van der Waals surface area contributed by atoms with E-state index < -0.39 is 0 Å². The molecule has 2 nitrogen and oxygen atoms in total. The molecule has 0 unspecified atom stereocenters. The predicted molar refractivity (Wildman–Crippen MR) is 78.3 cm³/mol. The van der Waals surface area contributed by atoms with E-state index in [1.807, 2.05) is 0 Å². The van der Waals surface area contributed by atoms with E-state index in [-0.39, 0.29) is 11.0 Å². The smallest absolute Gasteiger partial charge is 0.122 e. The number of ether oxygens (including phenoxy) is 1. The third kappa shape index (κ3) is 4.34. The summed E-state index contributed by atoms with van der Waals surface area (Å²) in [5.41, 5.74) is 8.62. The van der Waals surface area contributed by atoms with Crippen molar-refractivity contribution in [1.82, 2.24) is 0 Å². The lowest BCUT2D eigenvalue weighted by Gasteiger charge is -2.24. The van der Waals surface area contributed by atoms with E-state index in [1.54, 1.807) is 7.11 Å². The van der Waals surface area contributed by atoms with Crippen molar-refractivity contribution in [3.63, 3.8) is 0 Å². The van der Waals surface area contributed by atoms with Crippen molar-refractivity contribution in [2.75, 3.05) is 7.11 Å². The average molecular weight is 249 g/mol. The highest BCUT2D eigenvalue weighted by molar-refractivity contribution is 5.41. The normalized spacial score (nSPS) is 12.6. The van der Waals surface area contributed by atoms with E-state index in [9.17, 15) is 0 Å². The van der Waals surface area contributed by atoms with E-state index in [0.717, 1.165) is 18.6 Å². The molecule has 0 radical (unpaired) electrons. The van der Waals surface area contributed by atoms with Crippen LogP contribution in [0.15, 0.2) is 18.2 Å². The molecule has 1 aromatic carbocycles. The average Bonchev–Trinajstić information content (AvgIpc) is 2.24. The van der Waals surface area contributed by atoms with Gasteiger partial charge in [-0.05, 0) is 49.3 Å². The van der Waals surface area contributed by atoms with Crippen LogP contribution in [-0.2, 0) is 11.8 Å². The molecule has 0 aliphatic carbocycles. The summed E-state index contributed by atoms with van der Waals surface area (Å²) in [7, 11) is 1.73. The van der Waals surface area contributed by atoms with Gasteiger partial charge >= 0.3 is 0 Å². The Morgan fingerprint density at radius 3 is 2.17 bits per heavy atom. The SMILES string of the molecule is COc1ccc(CCC(C)(C)N)cc1C(C)(C)C. The van der Waals surface area contributed by atoms with Gasteiger partial charge in [-0.3, -0.25) is 0 Å². The van der Waals surface area contributed by atoms with Crippen molar-refractivity contribution >= 4 is 0 Å². The first-order chi connectivity index (χ1) is 8.13. The topological polar surface area (TPSA) is 35.2 Å². The molecule has 0 saturated carbocycles. The van der Waals surface area contributed by atoms with Crippen molar-refractivity contribution in [2.24, 2.45) is 5.73 Å². The van der Waals surface area contributed by atoms with Crippen LogP contribution in [0.5, 0.6) is 5.75 Å². The van der Waals surface area contributed by atoms with Crippen molar-refractivity contribution in [3.05, 3.63) is 29.3 Å². The fourth-order valence-corrected chi connectivity index (χ4v) is 1.96. The summed E-state index contributed by atoms with van der Waals surface area (Å²) in [6.45, 7) is 10.8. The third-order valence-electron chi connectivity index (χ3n) is 3.13. The molecule has 0 aliphatic rings. The van der Waals surface area contributed by atoms with Gasteiger partial charge in [-0.25, -0.2) is 0 Å². The Bertz CT molecular complexity index is 397. The molecule has 0 aliphatic heterocycles. The molecule has 0 amide bonds. The van der Waals surface area contributed by atoms with Crippen LogP contribution in [0.2, 0.25) is 0 Å². The summed E-state index contributed by atoms with van der Waals surface area (Å²) >= 11 is 0. The molecule has 2 heteroatoms. The van der Waals surface area contributed by atoms with E-state index >= 15 is 0 Å². The number of rotatable bonds is 4. The van der Waals surface area contributed by atoms with Crippen molar-refractivity contribution in [2.45, 2.75) is 58.4 Å². The van der Waals surface area contributed by atoms with Gasteiger partial charge in [0, 0.05) is 5.54 Å². The number of benzene rings is 1. The predicted octanol–water partition coefficient (Wildman–Crippen LogP) is 3.66. The van der Waals surface area contributed by atoms with Crippen LogP contribution in [0, 0.1) is 0 Å². The first kappa shape index (κ1) is 15.0. The van der Waals surface area contributed by atoms with E-state index in [4.69, 9.17) is 10.5 Å². The zero-order chi connectivity index (χ0) is 14.0. The minimum atomic E-state index is -0.109. The molecule has 0 bridgehead atoms. The molecule has 0 saturated heterocycles. The van der Waals surface area contributed by atoms with Gasteiger partial charge in [0.1, 0.15) is 5.75 Å². The third-order valence-corrected chi connectivity index (χ3v) is 3.13. The number of hydrogen-bond donors (Lipinski definition) is 1. The Morgan fingerprint density at radius 2 is 1.72 bits per heavy atom. The standard InChI is InChI=1S/C16H27NO/c1-15(2,3)13-11-12(7-8-14(13)18-6)9-10-16(4,5)17/h7-8,11H,9-10,17H2,1-6H3. The molecule has 0 atom stereocenters. The van der Waals surface area contributed by atoms with Gasteiger partial charge in [0.15, 0.2) is 0 Å². The van der Waals surface area contributed by atoms with Crippen LogP contribution < -0.4 is 10.5 Å². The summed E-state index contributed by atoms with van der Waals surface area (Å²) in [4.78, 5) is 0. The highest BCUT2D eigenvalue weighted by Crippen LogP contribution is 2.32. The fourth-order valence-electron chi connectivity index (χ4n) is 1.96. The van der Waals surface area contributed by atoms with Crippen LogP contribution in [0.1, 0.15) is 52.2 Å². The van der Waals surface area contributed by atoms with E-state index in [0.29, 0.717) is 0 Å². The number of nitrogens with two attached hydrogens (primary N) is 1. The van der Waals surface area contributed by atoms with Crippen molar-refractivity contribution < 1.29 is 4.74 Å². The molecule has 0 heterocycles. The van der Waals surface area contributed by atoms with Crippen molar-refractivity contribution in [3.8, 4) is 5.75 Å². The molecule has 18 heavy (non-hydrogen) atoms. The molecular weight excluding hydrogens is 222 g/mol. The summed E-state index contributed by atoms with van der Waals surface area (Å²) in [5, 5.41) is 0. The largest absolute Gasteiger partial charge is 0.496 e. The summed E-state index contributed by atoms with van der Waals surface area (Å²) in [6.07, 6.45) is 2.00. The Morgan fingerprint density at radius 1 is 1.11 bits per heavy atom. The van der Waals surface area contributed by atoms with Crippen LogP contribution in [0.25, 0.3) is 0 Å². The number of aryl methyl sites for hydroxylation is 1. The Hall–Kier alpha value is -1.02. The lowest BCUT2D eigenvalue weighted by atomic mass is 9.84. The molecule has 102 valence electrons. The fraction of sp³-hybridized carbons (Fsp3) is 0.625. The van der Waals surface area contributed by atoms with Crippen LogP contribution in [-0.4, -0.2) is 12.6 Å². The maximum atomic E-state index is 6.04. The van der Waals surface area contributed by atoms with Gasteiger partial charge in [0.05, 0.1) is 7.11 Å². The zero-order valence-electron chi connectivity index (χ0n) is 12.6. The second kappa shape index (κ2) is 5.31. The lowest BCUT2D eigenvalue weighted by molar-refractivity contribution is 0.397. The van der Waals surface area contributed by atoms with E-state index in [2.05, 4.69) is 52.8 Å². The molecule has 2 N–H and O–H groups in total. The van der Waals surface area contributed by atoms with Gasteiger partial charge in [0.2, 0.25) is 0 Å². The zero-order valence-corrected chi connectivity index (χ0v) is 12.6. The first-order valence-electron chi connectivity index (χ1n) is 6.60. The highest BCUT2D eigenvalue weighted by atomic mass is 16.5. The molecule has 1 rings (SSSR count). The Balaban J connectivity index is 2.97. The molecule has 0 spiro atoms. The minimum Gasteiger partial charge on any atom is -0.496 e. The monoisotopic (exact) mass is 249 g/mol. The quantitative estimate of drug-likeness (QED) is 0.883. The molecule has 0 aromatic heterocycles. The second-order valence-electron chi connectivity index (χ2n) is 6.77. The highest BCUT2D eigenvalue weighted by Gasteiger charge is 2.19. The number of methoxy groups -OCH3 is 1. The van der Waals surface area contributed by atoms with E-state index in [1.165, 1.54) is 11.1 Å². The summed E-state index contributed by atoms with van der Waals surface area (Å²) in [6, 6.07) is 6.46. The summed E-state index contributed by atoms with van der Waals surface area (Å²) in [5.74, 6) is 0.971. The van der Waals surface area contributed by atoms with Crippen LogP contribution >= 0.6 is 0 Å². The first-order valence-corrected chi connectivity index (χ1v) is 6.60. The molecule has 1 aromatic rings. The van der Waals surface area contributed by atoms with Gasteiger partial charge in [-0.15, -0.1) is 0 Å². The van der Waals surface area contributed by atoms with Gasteiger partial charge in [-0.1, -0.05) is 32.9 Å². The Labute approximate surface area is 112 Å². The Kier molecular flexibility index (Phi) is 4.44. The maximum absolute atomic E-state index is 6.04. The lowest BCUT2D eigenvalue weighted by Crippen LogP contribution is -2.32. The summed E-state index contributed by atoms with van der Waals surface area (Å²) < 4.78 is 5.45. The minimum absolute atomic E-state index is 0.0968. The maximum Gasteiger partial charge on any atom is 0.122 e. The number of hydrogen-bond acceptors (Lipinski definition) is 2. The molecular formula is C16H27NO. The van der Waals surface area contributed by atoms with Crippen molar-refractivity contribution in [1.29, 1.82) is 0 Å². The van der Waals surface area contributed by atoms with Gasteiger partial charge < -0.3 is 10.5 Å². The second-order valence-corrected chi connectivity index (χ2v) is 6.77. The van der Waals surface area contributed by atoms with Gasteiger partial charge in [0.25, 0.3) is 0 Å². The molecule has 0 fully saturated rings.